The number of halogens is 3. The van der Waals surface area contributed by atoms with Crippen molar-refractivity contribution in [3.05, 3.63) is 60.3 Å². The van der Waals surface area contributed by atoms with Gasteiger partial charge in [0.15, 0.2) is 0 Å². The maximum Gasteiger partial charge on any atom is 0.429 e. The zero-order valence-electron chi connectivity index (χ0n) is 22.8. The number of hydrogen-bond acceptors (Lipinski definition) is 8. The summed E-state index contributed by atoms with van der Waals surface area (Å²) in [5.74, 6) is -0.965. The van der Waals surface area contributed by atoms with Crippen molar-refractivity contribution >= 4 is 28.6 Å². The van der Waals surface area contributed by atoms with Crippen LogP contribution in [0.15, 0.2) is 54.7 Å². The molecule has 2 atom stereocenters. The van der Waals surface area contributed by atoms with Crippen molar-refractivity contribution in [1.29, 1.82) is 0 Å². The topological polar surface area (TPSA) is 131 Å². The lowest BCUT2D eigenvalue weighted by Gasteiger charge is -2.39. The zero-order chi connectivity index (χ0) is 29.6. The Balaban J connectivity index is 1.19. The summed E-state index contributed by atoms with van der Waals surface area (Å²) >= 11 is 0. The number of piperidine rings is 1. The first-order chi connectivity index (χ1) is 20.0. The molecule has 1 spiro atoms. The molecule has 6 rings (SSSR count). The molecule has 0 unspecified atom stereocenters. The molecule has 0 saturated carbocycles. The number of nitrogens with one attached hydrogen (secondary N) is 1. The van der Waals surface area contributed by atoms with Crippen LogP contribution in [0.4, 0.5) is 24.9 Å². The summed E-state index contributed by atoms with van der Waals surface area (Å²) in [6.07, 6.45) is -3.27. The Morgan fingerprint density at radius 1 is 1.12 bits per heavy atom. The molecule has 0 aliphatic carbocycles. The molecule has 4 N–H and O–H groups in total. The van der Waals surface area contributed by atoms with Crippen LogP contribution in [0, 0.1) is 5.41 Å². The zero-order valence-corrected chi connectivity index (χ0v) is 22.8. The number of nitrogens with zero attached hydrogens (tertiary/aromatic N) is 5. The van der Waals surface area contributed by atoms with Gasteiger partial charge in [-0.3, -0.25) is 9.48 Å². The van der Waals surface area contributed by atoms with Crippen molar-refractivity contribution in [1.82, 2.24) is 25.1 Å². The van der Waals surface area contributed by atoms with Gasteiger partial charge in [0.2, 0.25) is 17.9 Å². The van der Waals surface area contributed by atoms with E-state index in [1.807, 2.05) is 30.1 Å². The number of carboxylic acid groups (broad SMARTS) is 1. The van der Waals surface area contributed by atoms with Crippen LogP contribution in [0.25, 0.3) is 22.0 Å². The SMILES string of the molecule is Cn1ncc2cc(-c3ccc([C@@H](Oc4cc(N5CCC6(CC5)CN[C@H](C(=O)O)C6)nc(N)n4)C(F)(F)F)cc3)ccc21. The lowest BCUT2D eigenvalue weighted by molar-refractivity contribution is -0.198. The van der Waals surface area contributed by atoms with E-state index in [1.54, 1.807) is 23.0 Å². The number of aryl methyl sites for hydroxylation is 1. The third kappa shape index (κ3) is 5.43. The number of ether oxygens (including phenoxy) is 1. The van der Waals surface area contributed by atoms with Crippen LogP contribution in [0.1, 0.15) is 30.9 Å². The summed E-state index contributed by atoms with van der Waals surface area (Å²) in [6.45, 7) is 1.72. The highest BCUT2D eigenvalue weighted by Crippen LogP contribution is 2.41. The smallest absolute Gasteiger partial charge is 0.429 e. The monoisotopic (exact) mass is 581 g/mol. The van der Waals surface area contributed by atoms with Crippen LogP contribution in [0.5, 0.6) is 5.88 Å². The molecule has 2 aromatic carbocycles. The fraction of sp³-hybridized carbons (Fsp3) is 0.379. The van der Waals surface area contributed by atoms with Gasteiger partial charge in [0.05, 0.1) is 11.7 Å². The minimum absolute atomic E-state index is 0.0749. The van der Waals surface area contributed by atoms with E-state index in [4.69, 9.17) is 10.5 Å². The van der Waals surface area contributed by atoms with Gasteiger partial charge in [-0.15, -0.1) is 0 Å². The van der Waals surface area contributed by atoms with Gasteiger partial charge in [-0.1, -0.05) is 30.3 Å². The first-order valence-corrected chi connectivity index (χ1v) is 13.6. The minimum Gasteiger partial charge on any atom is -0.480 e. The van der Waals surface area contributed by atoms with Crippen molar-refractivity contribution in [3.8, 4) is 17.0 Å². The quantitative estimate of drug-likeness (QED) is 0.305. The Morgan fingerprint density at radius 2 is 1.83 bits per heavy atom. The van der Waals surface area contributed by atoms with Crippen molar-refractivity contribution in [2.75, 3.05) is 30.3 Å². The molecule has 10 nitrogen and oxygen atoms in total. The summed E-state index contributed by atoms with van der Waals surface area (Å²) in [6, 6.07) is 12.6. The number of nitrogens with two attached hydrogens (primary N) is 1. The van der Waals surface area contributed by atoms with E-state index in [0.717, 1.165) is 34.9 Å². The first-order valence-electron chi connectivity index (χ1n) is 13.6. The second-order valence-electron chi connectivity index (χ2n) is 11.1. The number of alkyl halides is 3. The Labute approximate surface area is 239 Å². The molecule has 2 aromatic heterocycles. The molecule has 0 radical (unpaired) electrons. The van der Waals surface area contributed by atoms with Crippen LogP contribution >= 0.6 is 0 Å². The Hall–Kier alpha value is -4.39. The van der Waals surface area contributed by atoms with Crippen LogP contribution in [-0.2, 0) is 11.8 Å². The number of benzene rings is 2. The number of nitrogen functional groups attached to an aromatic ring is 1. The highest BCUT2D eigenvalue weighted by Gasteiger charge is 2.45. The Bertz CT molecular complexity index is 1620. The van der Waals surface area contributed by atoms with E-state index < -0.39 is 24.3 Å². The Morgan fingerprint density at radius 3 is 2.50 bits per heavy atom. The third-order valence-electron chi connectivity index (χ3n) is 8.34. The fourth-order valence-corrected chi connectivity index (χ4v) is 5.97. The van der Waals surface area contributed by atoms with Gasteiger partial charge in [0.25, 0.3) is 0 Å². The number of carbonyl (C=O) groups is 1. The molecule has 4 heterocycles. The number of aromatic nitrogens is 4. The van der Waals surface area contributed by atoms with Gasteiger partial charge in [0.1, 0.15) is 11.9 Å². The van der Waals surface area contributed by atoms with Gasteiger partial charge in [-0.2, -0.15) is 28.2 Å². The molecule has 4 aromatic rings. The largest absolute Gasteiger partial charge is 0.480 e. The molecular weight excluding hydrogens is 551 g/mol. The van der Waals surface area contributed by atoms with Gasteiger partial charge in [-0.25, -0.2) is 0 Å². The molecule has 0 amide bonds. The molecule has 2 aliphatic rings. The lowest BCUT2D eigenvalue weighted by Crippen LogP contribution is -2.41. The maximum atomic E-state index is 14.2. The predicted molar refractivity (Wildman–Crippen MR) is 150 cm³/mol. The first kappa shape index (κ1) is 27.8. The third-order valence-corrected chi connectivity index (χ3v) is 8.34. The Kier molecular flexibility index (Phi) is 6.92. The van der Waals surface area contributed by atoms with E-state index in [-0.39, 0.29) is 22.8 Å². The maximum absolute atomic E-state index is 14.2. The van der Waals surface area contributed by atoms with Gasteiger partial charge < -0.3 is 25.8 Å². The predicted octanol–water partition coefficient (Wildman–Crippen LogP) is 4.33. The van der Waals surface area contributed by atoms with Crippen molar-refractivity contribution in [2.45, 2.75) is 37.6 Å². The fourth-order valence-electron chi connectivity index (χ4n) is 5.97. The molecular formula is C29H30F3N7O3. The number of fused-ring (bicyclic) bond motifs is 1. The molecule has 2 saturated heterocycles. The number of anilines is 2. The van der Waals surface area contributed by atoms with Gasteiger partial charge in [-0.05, 0) is 47.9 Å². The summed E-state index contributed by atoms with van der Waals surface area (Å²) in [4.78, 5) is 21.5. The van der Waals surface area contributed by atoms with Crippen LogP contribution in [0.2, 0.25) is 0 Å². The van der Waals surface area contributed by atoms with Crippen LogP contribution in [-0.4, -0.2) is 62.7 Å². The van der Waals surface area contributed by atoms with Crippen LogP contribution in [0.3, 0.4) is 0 Å². The average Bonchev–Trinajstić information content (AvgIpc) is 3.55. The highest BCUT2D eigenvalue weighted by molar-refractivity contribution is 5.84. The summed E-state index contributed by atoms with van der Waals surface area (Å²) < 4.78 is 49.9. The number of rotatable bonds is 6. The molecule has 42 heavy (non-hydrogen) atoms. The van der Waals surface area contributed by atoms with Crippen molar-refractivity contribution in [3.63, 3.8) is 0 Å². The minimum atomic E-state index is -4.72. The molecule has 0 bridgehead atoms. The lowest BCUT2D eigenvalue weighted by atomic mass is 9.76. The van der Waals surface area contributed by atoms with Crippen molar-refractivity contribution < 1.29 is 27.8 Å². The van der Waals surface area contributed by atoms with E-state index >= 15 is 0 Å². The van der Waals surface area contributed by atoms with E-state index in [2.05, 4.69) is 20.4 Å². The number of carboxylic acids is 1. The summed E-state index contributed by atoms with van der Waals surface area (Å²) in [5.41, 5.74) is 8.25. The van der Waals surface area contributed by atoms with E-state index in [1.165, 1.54) is 18.2 Å². The number of aliphatic carboxylic acids is 1. The normalized spacial score (nSPS) is 19.3. The standard InChI is InChI=1S/C29H30F3N7O3/c1-38-22-7-6-19(12-20(22)15-35-38)17-2-4-18(5-3-17)25(29(30,31)32)42-24-13-23(36-27(33)37-24)39-10-8-28(9-11-39)14-21(26(40)41)34-16-28/h2-7,12-13,15,21,25,34H,8-11,14,16H2,1H3,(H,40,41)(H2,33,36,37)/t21-,25+/m0/s1. The van der Waals surface area contributed by atoms with Gasteiger partial charge >= 0.3 is 12.1 Å². The highest BCUT2D eigenvalue weighted by atomic mass is 19.4. The van der Waals surface area contributed by atoms with Crippen molar-refractivity contribution in [2.24, 2.45) is 12.5 Å². The molecule has 2 fully saturated rings. The van der Waals surface area contributed by atoms with E-state index in [0.29, 0.717) is 31.9 Å². The summed E-state index contributed by atoms with van der Waals surface area (Å²) in [7, 11) is 1.84. The second kappa shape index (κ2) is 10.5. The average molecular weight is 582 g/mol. The second-order valence-corrected chi connectivity index (χ2v) is 11.1. The van der Waals surface area contributed by atoms with E-state index in [9.17, 15) is 23.1 Å². The molecule has 2 aliphatic heterocycles. The number of hydrogen-bond donors (Lipinski definition) is 3. The van der Waals surface area contributed by atoms with Gasteiger partial charge in [0, 0.05) is 43.7 Å². The molecule has 13 heteroatoms. The van der Waals surface area contributed by atoms with Crippen LogP contribution < -0.4 is 20.7 Å². The summed E-state index contributed by atoms with van der Waals surface area (Å²) in [5, 5.41) is 17.6. The molecule has 220 valence electrons.